The van der Waals surface area contributed by atoms with Crippen molar-refractivity contribution in [1.29, 1.82) is 0 Å². The van der Waals surface area contributed by atoms with Crippen molar-refractivity contribution in [3.63, 3.8) is 0 Å². The first-order valence-electron chi connectivity index (χ1n) is 5.05. The molecule has 0 saturated heterocycles. The molecule has 2 aromatic rings. The van der Waals surface area contributed by atoms with Crippen LogP contribution in [0.15, 0.2) is 16.7 Å². The first-order valence-corrected chi connectivity index (χ1v) is 5.43. The van der Waals surface area contributed by atoms with Crippen LogP contribution in [0.25, 0.3) is 0 Å². The Morgan fingerprint density at radius 2 is 2.28 bits per heavy atom. The zero-order valence-corrected chi connectivity index (χ0v) is 10.2. The first kappa shape index (κ1) is 12.3. The van der Waals surface area contributed by atoms with Crippen molar-refractivity contribution in [3.8, 4) is 0 Å². The fraction of sp³-hybridized carbons (Fsp3) is 0.200. The van der Waals surface area contributed by atoms with E-state index in [0.29, 0.717) is 17.3 Å². The topological polar surface area (TPSA) is 107 Å². The number of carbonyl (C=O) groups is 1. The number of halogens is 1. The normalized spacial score (nSPS) is 10.3. The number of rotatable bonds is 3. The summed E-state index contributed by atoms with van der Waals surface area (Å²) < 4.78 is 4.86. The molecule has 0 spiro atoms. The average Bonchev–Trinajstić information content (AvgIpc) is 2.70. The summed E-state index contributed by atoms with van der Waals surface area (Å²) in [5.41, 5.74) is 5.81. The maximum Gasteiger partial charge on any atom is 0.251 e. The molecule has 0 radical (unpaired) electrons. The largest absolute Gasteiger partial charge is 0.384 e. The Morgan fingerprint density at radius 3 is 2.89 bits per heavy atom. The van der Waals surface area contributed by atoms with E-state index in [-0.39, 0.29) is 23.4 Å². The maximum atomic E-state index is 11.8. The number of hydrogen-bond donors (Lipinski definition) is 2. The molecule has 0 unspecified atom stereocenters. The van der Waals surface area contributed by atoms with Crippen LogP contribution < -0.4 is 11.1 Å². The van der Waals surface area contributed by atoms with Gasteiger partial charge in [0.05, 0.1) is 6.54 Å². The van der Waals surface area contributed by atoms with Gasteiger partial charge in [0.2, 0.25) is 5.89 Å². The Balaban J connectivity index is 2.03. The molecule has 0 fully saturated rings. The quantitative estimate of drug-likeness (QED) is 0.802. The highest BCUT2D eigenvalue weighted by Gasteiger charge is 2.10. The third-order valence-electron chi connectivity index (χ3n) is 2.05. The molecule has 18 heavy (non-hydrogen) atoms. The molecule has 3 N–H and O–H groups in total. The van der Waals surface area contributed by atoms with Crippen molar-refractivity contribution < 1.29 is 9.32 Å². The maximum absolute atomic E-state index is 11.8. The van der Waals surface area contributed by atoms with Gasteiger partial charge in [-0.25, -0.2) is 4.98 Å². The molecule has 0 aliphatic heterocycles. The summed E-state index contributed by atoms with van der Waals surface area (Å²) in [6.07, 6.45) is 0. The van der Waals surface area contributed by atoms with E-state index in [1.54, 1.807) is 6.92 Å². The summed E-state index contributed by atoms with van der Waals surface area (Å²) in [7, 11) is 0. The smallest absolute Gasteiger partial charge is 0.251 e. The van der Waals surface area contributed by atoms with E-state index in [1.807, 2.05) is 0 Å². The molecule has 0 bridgehead atoms. The highest BCUT2D eigenvalue weighted by molar-refractivity contribution is 6.29. The molecule has 8 heteroatoms. The van der Waals surface area contributed by atoms with Gasteiger partial charge < -0.3 is 15.6 Å². The van der Waals surface area contributed by atoms with Crippen LogP contribution in [0.1, 0.15) is 22.1 Å². The number of nitrogens with zero attached hydrogens (tertiary/aromatic N) is 3. The predicted molar refractivity (Wildman–Crippen MR) is 63.9 cm³/mol. The molecule has 0 aliphatic carbocycles. The van der Waals surface area contributed by atoms with E-state index in [4.69, 9.17) is 21.9 Å². The van der Waals surface area contributed by atoms with Crippen LogP contribution in [0.4, 0.5) is 5.82 Å². The van der Waals surface area contributed by atoms with Gasteiger partial charge in [-0.15, -0.1) is 0 Å². The van der Waals surface area contributed by atoms with Gasteiger partial charge >= 0.3 is 0 Å². The van der Waals surface area contributed by atoms with Gasteiger partial charge in [-0.2, -0.15) is 4.98 Å². The van der Waals surface area contributed by atoms with Crippen molar-refractivity contribution in [2.24, 2.45) is 0 Å². The Labute approximate surface area is 107 Å². The summed E-state index contributed by atoms with van der Waals surface area (Å²) in [6.45, 7) is 1.83. The lowest BCUT2D eigenvalue weighted by molar-refractivity contribution is 0.0946. The van der Waals surface area contributed by atoms with Crippen LogP contribution in [-0.4, -0.2) is 21.0 Å². The van der Waals surface area contributed by atoms with Crippen LogP contribution in [0.3, 0.4) is 0 Å². The Hall–Kier alpha value is -2.15. The van der Waals surface area contributed by atoms with Crippen LogP contribution >= 0.6 is 11.6 Å². The zero-order chi connectivity index (χ0) is 13.1. The molecule has 0 aromatic carbocycles. The van der Waals surface area contributed by atoms with Crippen molar-refractivity contribution in [2.75, 3.05) is 5.73 Å². The molecule has 94 valence electrons. The lowest BCUT2D eigenvalue weighted by atomic mass is 10.2. The average molecular weight is 268 g/mol. The third-order valence-corrected chi connectivity index (χ3v) is 2.24. The number of aryl methyl sites for hydroxylation is 1. The monoisotopic (exact) mass is 267 g/mol. The van der Waals surface area contributed by atoms with Gasteiger partial charge in [0.1, 0.15) is 11.0 Å². The number of aromatic nitrogens is 3. The summed E-state index contributed by atoms with van der Waals surface area (Å²) >= 11 is 5.70. The lowest BCUT2D eigenvalue weighted by Gasteiger charge is -2.03. The Bertz CT molecular complexity index is 563. The molecular formula is C10H10ClN5O2. The number of pyridine rings is 1. The van der Waals surface area contributed by atoms with Gasteiger partial charge in [0.25, 0.3) is 5.91 Å². The van der Waals surface area contributed by atoms with Gasteiger partial charge in [0, 0.05) is 5.56 Å². The van der Waals surface area contributed by atoms with Gasteiger partial charge in [-0.3, -0.25) is 4.79 Å². The predicted octanol–water partition coefficient (Wildman–Crippen LogP) is 0.939. The van der Waals surface area contributed by atoms with E-state index in [2.05, 4.69) is 20.4 Å². The fourth-order valence-electron chi connectivity index (χ4n) is 1.32. The summed E-state index contributed by atoms with van der Waals surface area (Å²) in [4.78, 5) is 19.5. The number of nitrogen functional groups attached to an aromatic ring is 1. The molecular weight excluding hydrogens is 258 g/mol. The second kappa shape index (κ2) is 5.01. The van der Waals surface area contributed by atoms with E-state index < -0.39 is 0 Å². The minimum absolute atomic E-state index is 0.138. The number of anilines is 1. The van der Waals surface area contributed by atoms with Crippen molar-refractivity contribution >= 4 is 23.3 Å². The fourth-order valence-corrected chi connectivity index (χ4v) is 1.53. The van der Waals surface area contributed by atoms with E-state index in [1.165, 1.54) is 12.1 Å². The Kier molecular flexibility index (Phi) is 3.42. The van der Waals surface area contributed by atoms with E-state index in [0.717, 1.165) is 0 Å². The molecule has 0 saturated carbocycles. The standard InChI is InChI=1S/C10H10ClN5O2/c1-5-14-9(18-16-5)4-13-10(17)6-2-7(11)15-8(12)3-6/h2-3H,4H2,1H3,(H2,12,15)(H,13,17). The second-order valence-corrected chi connectivity index (χ2v) is 3.91. The molecule has 0 atom stereocenters. The van der Waals surface area contributed by atoms with E-state index in [9.17, 15) is 4.79 Å². The second-order valence-electron chi connectivity index (χ2n) is 3.52. The third kappa shape index (κ3) is 2.95. The zero-order valence-electron chi connectivity index (χ0n) is 9.48. The van der Waals surface area contributed by atoms with Crippen molar-refractivity contribution in [3.05, 3.63) is 34.6 Å². The number of carbonyl (C=O) groups excluding carboxylic acids is 1. The highest BCUT2D eigenvalue weighted by atomic mass is 35.5. The minimum atomic E-state index is -0.346. The number of nitrogens with one attached hydrogen (secondary N) is 1. The number of amides is 1. The SMILES string of the molecule is Cc1noc(CNC(=O)c2cc(N)nc(Cl)c2)n1. The highest BCUT2D eigenvalue weighted by Crippen LogP contribution is 2.12. The van der Waals surface area contributed by atoms with Crippen LogP contribution in [-0.2, 0) is 6.54 Å². The summed E-state index contributed by atoms with van der Waals surface area (Å²) in [5, 5.41) is 6.37. The molecule has 2 rings (SSSR count). The van der Waals surface area contributed by atoms with Crippen LogP contribution in [0.5, 0.6) is 0 Å². The van der Waals surface area contributed by atoms with Gasteiger partial charge in [0.15, 0.2) is 5.82 Å². The lowest BCUT2D eigenvalue weighted by Crippen LogP contribution is -2.23. The van der Waals surface area contributed by atoms with Crippen molar-refractivity contribution in [2.45, 2.75) is 13.5 Å². The summed E-state index contributed by atoms with van der Waals surface area (Å²) in [6, 6.07) is 2.85. The van der Waals surface area contributed by atoms with Crippen LogP contribution in [0, 0.1) is 6.92 Å². The molecule has 2 heterocycles. The summed E-state index contributed by atoms with van der Waals surface area (Å²) in [5.74, 6) is 0.674. The molecule has 2 aromatic heterocycles. The molecule has 0 aliphatic rings. The van der Waals surface area contributed by atoms with Gasteiger partial charge in [-0.05, 0) is 19.1 Å². The van der Waals surface area contributed by atoms with Crippen LogP contribution in [0.2, 0.25) is 5.15 Å². The Morgan fingerprint density at radius 1 is 1.50 bits per heavy atom. The van der Waals surface area contributed by atoms with Gasteiger partial charge in [-0.1, -0.05) is 16.8 Å². The minimum Gasteiger partial charge on any atom is -0.384 e. The van der Waals surface area contributed by atoms with Crippen molar-refractivity contribution in [1.82, 2.24) is 20.4 Å². The number of nitrogens with two attached hydrogens (primary N) is 1. The first-order chi connectivity index (χ1) is 8.54. The molecule has 7 nitrogen and oxygen atoms in total. The van der Waals surface area contributed by atoms with E-state index >= 15 is 0 Å². The molecule has 1 amide bonds. The number of hydrogen-bond acceptors (Lipinski definition) is 6.